The summed E-state index contributed by atoms with van der Waals surface area (Å²) in [5.74, 6) is -0.0755. The third kappa shape index (κ3) is 2.71. The maximum Gasteiger partial charge on any atom is 0.196 e. The number of rotatable bonds is 6. The zero-order chi connectivity index (χ0) is 15.5. The molecule has 0 spiro atoms. The summed E-state index contributed by atoms with van der Waals surface area (Å²) >= 11 is 1.58. The van der Waals surface area contributed by atoms with Crippen LogP contribution in [0, 0.1) is 0 Å². The Hall–Kier alpha value is -2.28. The number of hydrogen-bond acceptors (Lipinski definition) is 7. The molecule has 0 radical (unpaired) electrons. The molecule has 0 fully saturated rings. The molecule has 0 saturated heterocycles. The van der Waals surface area contributed by atoms with E-state index in [2.05, 4.69) is 15.3 Å². The second-order valence-corrected chi connectivity index (χ2v) is 5.78. The number of carboxylic acids is 1. The molecule has 0 bridgehead atoms. The highest BCUT2D eigenvalue weighted by atomic mass is 32.2. The number of fused-ring (bicyclic) bond motifs is 3. The number of carbonyl (C=O) groups is 1. The average Bonchev–Trinajstić information content (AvgIpc) is 2.90. The number of benzene rings is 1. The van der Waals surface area contributed by atoms with Crippen molar-refractivity contribution in [1.82, 2.24) is 9.97 Å². The molecule has 1 atom stereocenters. The Bertz CT molecular complexity index is 818. The largest absolute Gasteiger partial charge is 0.548 e. The van der Waals surface area contributed by atoms with Crippen LogP contribution in [0.25, 0.3) is 22.1 Å². The number of carboxylic acid groups (broad SMARTS) is 1. The number of thioether (sulfide) groups is 1. The first-order valence-corrected chi connectivity index (χ1v) is 8.18. The van der Waals surface area contributed by atoms with Crippen molar-refractivity contribution in [3.05, 3.63) is 30.6 Å². The van der Waals surface area contributed by atoms with Crippen molar-refractivity contribution >= 4 is 45.6 Å². The third-order valence-electron chi connectivity index (χ3n) is 3.36. The van der Waals surface area contributed by atoms with Gasteiger partial charge in [0, 0.05) is 5.39 Å². The molecule has 0 amide bonds. The molecule has 2 heterocycles. The van der Waals surface area contributed by atoms with E-state index in [9.17, 15) is 9.90 Å². The van der Waals surface area contributed by atoms with Gasteiger partial charge >= 0.3 is 0 Å². The van der Waals surface area contributed by atoms with E-state index in [1.54, 1.807) is 11.8 Å². The van der Waals surface area contributed by atoms with Gasteiger partial charge < -0.3 is 19.6 Å². The summed E-state index contributed by atoms with van der Waals surface area (Å²) in [6.45, 7) is 0. The van der Waals surface area contributed by atoms with Gasteiger partial charge in [-0.15, -0.1) is 0 Å². The Kier molecular flexibility index (Phi) is 4.15. The lowest BCUT2D eigenvalue weighted by molar-refractivity contribution is -0.306. The van der Waals surface area contributed by atoms with Gasteiger partial charge in [0.1, 0.15) is 17.4 Å². The van der Waals surface area contributed by atoms with Crippen molar-refractivity contribution in [2.75, 3.05) is 17.3 Å². The summed E-state index contributed by atoms with van der Waals surface area (Å²) < 4.78 is 5.76. The van der Waals surface area contributed by atoms with Gasteiger partial charge in [0.15, 0.2) is 11.4 Å². The monoisotopic (exact) mass is 316 g/mol. The van der Waals surface area contributed by atoms with Gasteiger partial charge in [-0.3, -0.25) is 0 Å². The molecule has 2 aromatic heterocycles. The van der Waals surface area contributed by atoms with Crippen molar-refractivity contribution in [1.29, 1.82) is 0 Å². The number of carbonyl (C=O) groups excluding carboxylic acids is 1. The van der Waals surface area contributed by atoms with Crippen LogP contribution in [0.3, 0.4) is 0 Å². The second-order valence-electron chi connectivity index (χ2n) is 4.80. The van der Waals surface area contributed by atoms with E-state index in [0.717, 1.165) is 5.39 Å². The number of nitrogens with zero attached hydrogens (tertiary/aromatic N) is 2. The Balaban J connectivity index is 2.01. The van der Waals surface area contributed by atoms with Gasteiger partial charge in [0.2, 0.25) is 0 Å². The summed E-state index contributed by atoms with van der Waals surface area (Å²) in [6.07, 6.45) is 3.76. The Morgan fingerprint density at radius 3 is 3.00 bits per heavy atom. The summed E-state index contributed by atoms with van der Waals surface area (Å²) in [5, 5.41) is 15.0. The van der Waals surface area contributed by atoms with E-state index < -0.39 is 12.0 Å². The SMILES string of the molecule is CSCC[C@H](Nc1ncnc2c1oc1ccccc12)C(=O)[O-]. The van der Waals surface area contributed by atoms with Crippen molar-refractivity contribution in [3.8, 4) is 0 Å². The molecule has 7 heteroatoms. The molecule has 1 aromatic carbocycles. The lowest BCUT2D eigenvalue weighted by Crippen LogP contribution is -2.41. The molecular weight excluding hydrogens is 302 g/mol. The lowest BCUT2D eigenvalue weighted by Gasteiger charge is -2.19. The van der Waals surface area contributed by atoms with Crippen molar-refractivity contribution in [3.63, 3.8) is 0 Å². The molecule has 3 rings (SSSR count). The van der Waals surface area contributed by atoms with E-state index in [1.165, 1.54) is 6.33 Å². The maximum absolute atomic E-state index is 11.3. The molecular formula is C15H14N3O3S-. The van der Waals surface area contributed by atoms with Gasteiger partial charge in [-0.1, -0.05) is 12.1 Å². The Morgan fingerprint density at radius 1 is 1.41 bits per heavy atom. The van der Waals surface area contributed by atoms with Crippen LogP contribution in [0.4, 0.5) is 5.82 Å². The van der Waals surface area contributed by atoms with Crippen LogP contribution in [-0.4, -0.2) is 34.0 Å². The minimum Gasteiger partial charge on any atom is -0.548 e. The molecule has 114 valence electrons. The number of aromatic nitrogens is 2. The number of para-hydroxylation sites is 1. The fourth-order valence-corrected chi connectivity index (χ4v) is 2.75. The van der Waals surface area contributed by atoms with Gasteiger partial charge in [0.05, 0.1) is 12.0 Å². The number of anilines is 1. The maximum atomic E-state index is 11.3. The molecule has 0 aliphatic carbocycles. The van der Waals surface area contributed by atoms with Crippen LogP contribution < -0.4 is 10.4 Å². The first-order valence-electron chi connectivity index (χ1n) is 6.79. The topological polar surface area (TPSA) is 91.1 Å². The van der Waals surface area contributed by atoms with E-state index in [0.29, 0.717) is 34.7 Å². The van der Waals surface area contributed by atoms with Gasteiger partial charge in [-0.25, -0.2) is 9.97 Å². The van der Waals surface area contributed by atoms with Crippen LogP contribution >= 0.6 is 11.8 Å². The molecule has 0 aliphatic rings. The second kappa shape index (κ2) is 6.23. The fraction of sp³-hybridized carbons (Fsp3) is 0.267. The fourth-order valence-electron chi connectivity index (χ4n) is 2.28. The number of hydrogen-bond donors (Lipinski definition) is 1. The minimum absolute atomic E-state index is 0.372. The molecule has 0 unspecified atom stereocenters. The number of furan rings is 1. The highest BCUT2D eigenvalue weighted by Crippen LogP contribution is 2.30. The summed E-state index contributed by atoms with van der Waals surface area (Å²) in [5.41, 5.74) is 1.81. The highest BCUT2D eigenvalue weighted by Gasteiger charge is 2.16. The molecule has 0 aliphatic heterocycles. The number of aliphatic carboxylic acids is 1. The van der Waals surface area contributed by atoms with Crippen LogP contribution in [0.2, 0.25) is 0 Å². The first kappa shape index (κ1) is 14.6. The molecule has 6 nitrogen and oxygen atoms in total. The van der Waals surface area contributed by atoms with Crippen LogP contribution in [-0.2, 0) is 4.79 Å². The predicted molar refractivity (Wildman–Crippen MR) is 84.7 cm³/mol. The van der Waals surface area contributed by atoms with Crippen LogP contribution in [0.1, 0.15) is 6.42 Å². The third-order valence-corrected chi connectivity index (χ3v) is 4.01. The minimum atomic E-state index is -1.16. The van der Waals surface area contributed by atoms with Crippen LogP contribution in [0.15, 0.2) is 35.0 Å². The zero-order valence-electron chi connectivity index (χ0n) is 11.9. The predicted octanol–water partition coefficient (Wildman–Crippen LogP) is 1.66. The molecule has 22 heavy (non-hydrogen) atoms. The summed E-state index contributed by atoms with van der Waals surface area (Å²) in [4.78, 5) is 19.6. The Labute approximate surface area is 130 Å². The first-order chi connectivity index (χ1) is 10.7. The van der Waals surface area contributed by atoms with Crippen molar-refractivity contribution < 1.29 is 14.3 Å². The van der Waals surface area contributed by atoms with Gasteiger partial charge in [-0.05, 0) is 30.6 Å². The lowest BCUT2D eigenvalue weighted by atomic mass is 10.2. The quantitative estimate of drug-likeness (QED) is 0.739. The van der Waals surface area contributed by atoms with E-state index >= 15 is 0 Å². The number of nitrogens with one attached hydrogen (secondary N) is 1. The summed E-state index contributed by atoms with van der Waals surface area (Å²) in [6, 6.07) is 6.69. The van der Waals surface area contributed by atoms with E-state index in [-0.39, 0.29) is 0 Å². The molecule has 3 aromatic rings. The van der Waals surface area contributed by atoms with Crippen LogP contribution in [0.5, 0.6) is 0 Å². The van der Waals surface area contributed by atoms with Gasteiger partial charge in [-0.2, -0.15) is 11.8 Å². The zero-order valence-corrected chi connectivity index (χ0v) is 12.7. The Morgan fingerprint density at radius 2 is 2.23 bits per heavy atom. The standard InChI is InChI=1S/C15H15N3O3S/c1-22-7-6-10(15(19)20)18-14-13-12(16-8-17-14)9-4-2-3-5-11(9)21-13/h2-5,8,10H,6-7H2,1H3,(H,19,20)(H,16,17,18)/p-1/t10-/m0/s1. The van der Waals surface area contributed by atoms with E-state index in [1.807, 2.05) is 30.5 Å². The van der Waals surface area contributed by atoms with Crippen molar-refractivity contribution in [2.24, 2.45) is 0 Å². The normalized spacial score (nSPS) is 12.6. The smallest absolute Gasteiger partial charge is 0.196 e. The van der Waals surface area contributed by atoms with Gasteiger partial charge in [0.25, 0.3) is 0 Å². The van der Waals surface area contributed by atoms with Crippen molar-refractivity contribution in [2.45, 2.75) is 12.5 Å². The highest BCUT2D eigenvalue weighted by molar-refractivity contribution is 7.98. The molecule has 1 N–H and O–H groups in total. The van der Waals surface area contributed by atoms with E-state index in [4.69, 9.17) is 4.42 Å². The molecule has 0 saturated carbocycles. The average molecular weight is 316 g/mol. The summed E-state index contributed by atoms with van der Waals surface area (Å²) in [7, 11) is 0.